The van der Waals surface area contributed by atoms with Crippen molar-refractivity contribution in [3.63, 3.8) is 0 Å². The Bertz CT molecular complexity index is 564. The van der Waals surface area contributed by atoms with Crippen LogP contribution < -0.4 is 0 Å². The molecule has 128 valence electrons. The molecule has 0 spiro atoms. The minimum atomic E-state index is -1.08. The fourth-order valence-electron chi connectivity index (χ4n) is 2.01. The van der Waals surface area contributed by atoms with Crippen LogP contribution >= 0.6 is 0 Å². The zero-order valence-electron chi connectivity index (χ0n) is 13.8. The van der Waals surface area contributed by atoms with Gasteiger partial charge in [-0.3, -0.25) is 9.59 Å². The molecule has 0 aromatic heterocycles. The van der Waals surface area contributed by atoms with Gasteiger partial charge in [0.05, 0.1) is 13.0 Å². The zero-order valence-corrected chi connectivity index (χ0v) is 13.8. The molecule has 1 atom stereocenters. The molecule has 5 nitrogen and oxygen atoms in total. The van der Waals surface area contributed by atoms with Gasteiger partial charge in [0.15, 0.2) is 11.6 Å². The largest absolute Gasteiger partial charge is 0.469 e. The van der Waals surface area contributed by atoms with Gasteiger partial charge in [-0.2, -0.15) is 0 Å². The summed E-state index contributed by atoms with van der Waals surface area (Å²) in [6.07, 6.45) is 0. The van der Waals surface area contributed by atoms with Gasteiger partial charge >= 0.3 is 5.97 Å². The van der Waals surface area contributed by atoms with E-state index < -0.39 is 29.4 Å². The lowest BCUT2D eigenvalue weighted by Crippen LogP contribution is -2.41. The molecule has 1 unspecified atom stereocenters. The number of nitrogens with zero attached hydrogens (tertiary/aromatic N) is 2. The van der Waals surface area contributed by atoms with E-state index in [4.69, 9.17) is 0 Å². The molecule has 0 aliphatic heterocycles. The predicted molar refractivity (Wildman–Crippen MR) is 82.0 cm³/mol. The lowest BCUT2D eigenvalue weighted by molar-refractivity contribution is -0.145. The molecular formula is C16H22F2N2O3. The van der Waals surface area contributed by atoms with Crippen molar-refractivity contribution in [3.8, 4) is 0 Å². The molecule has 0 saturated carbocycles. The first kappa shape index (κ1) is 19.0. The van der Waals surface area contributed by atoms with Crippen LogP contribution in [-0.2, 0) is 9.53 Å². The number of rotatable bonds is 7. The van der Waals surface area contributed by atoms with E-state index in [2.05, 4.69) is 4.74 Å². The summed E-state index contributed by atoms with van der Waals surface area (Å²) in [5.41, 5.74) is 0.0414. The summed E-state index contributed by atoms with van der Waals surface area (Å²) in [6, 6.07) is 3.01. The highest BCUT2D eigenvalue weighted by atomic mass is 19.2. The molecule has 0 saturated heterocycles. The average molecular weight is 328 g/mol. The number of benzene rings is 1. The van der Waals surface area contributed by atoms with Crippen LogP contribution in [0, 0.1) is 17.6 Å². The Labute approximate surface area is 134 Å². The Kier molecular flexibility index (Phi) is 7.09. The van der Waals surface area contributed by atoms with Crippen LogP contribution in [0.4, 0.5) is 8.78 Å². The molecular weight excluding hydrogens is 306 g/mol. The number of likely N-dealkylation sites (N-methyl/N-ethyl adjacent to an activating group) is 1. The van der Waals surface area contributed by atoms with Crippen LogP contribution in [0.1, 0.15) is 17.3 Å². The number of halogens is 2. The molecule has 7 heteroatoms. The molecule has 1 aromatic rings. The highest BCUT2D eigenvalue weighted by Gasteiger charge is 2.23. The van der Waals surface area contributed by atoms with E-state index in [9.17, 15) is 18.4 Å². The Morgan fingerprint density at radius 2 is 1.83 bits per heavy atom. The van der Waals surface area contributed by atoms with Crippen molar-refractivity contribution in [1.29, 1.82) is 0 Å². The Balaban J connectivity index is 2.94. The fraction of sp³-hybridized carbons (Fsp3) is 0.500. The standard InChI is InChI=1S/C16H22F2N2O3/c1-11(16(22)23-4)10-20(8-7-19(2)3)15(21)12-5-6-13(17)14(18)9-12/h5-6,9,11H,7-8,10H2,1-4H3. The number of carbonyl (C=O) groups is 2. The van der Waals surface area contributed by atoms with Crippen molar-refractivity contribution >= 4 is 11.9 Å². The molecule has 0 N–H and O–H groups in total. The normalized spacial score (nSPS) is 12.1. The van der Waals surface area contributed by atoms with E-state index in [1.807, 2.05) is 19.0 Å². The van der Waals surface area contributed by atoms with Crippen molar-refractivity contribution in [2.24, 2.45) is 5.92 Å². The second kappa shape index (κ2) is 8.57. The van der Waals surface area contributed by atoms with Crippen LogP contribution in [-0.4, -0.2) is 62.5 Å². The number of esters is 1. The monoisotopic (exact) mass is 328 g/mol. The van der Waals surface area contributed by atoms with E-state index in [-0.39, 0.29) is 12.1 Å². The van der Waals surface area contributed by atoms with Gasteiger partial charge in [0.25, 0.3) is 5.91 Å². The van der Waals surface area contributed by atoms with Crippen molar-refractivity contribution in [2.75, 3.05) is 40.8 Å². The second-order valence-corrected chi connectivity index (χ2v) is 5.61. The summed E-state index contributed by atoms with van der Waals surface area (Å²) in [6.45, 7) is 2.71. The maximum absolute atomic E-state index is 13.3. The molecule has 0 heterocycles. The first-order valence-electron chi connectivity index (χ1n) is 7.23. The Morgan fingerprint density at radius 1 is 1.17 bits per heavy atom. The second-order valence-electron chi connectivity index (χ2n) is 5.61. The maximum atomic E-state index is 13.3. The van der Waals surface area contributed by atoms with Crippen LogP contribution in [0.2, 0.25) is 0 Å². The number of carbonyl (C=O) groups excluding carboxylic acids is 2. The van der Waals surface area contributed by atoms with Crippen molar-refractivity contribution in [1.82, 2.24) is 9.80 Å². The van der Waals surface area contributed by atoms with Gasteiger partial charge < -0.3 is 14.5 Å². The Hall–Kier alpha value is -2.02. The SMILES string of the molecule is COC(=O)C(C)CN(CCN(C)C)C(=O)c1ccc(F)c(F)c1. The number of methoxy groups -OCH3 is 1. The Morgan fingerprint density at radius 3 is 2.35 bits per heavy atom. The minimum absolute atomic E-state index is 0.0414. The number of hydrogen-bond donors (Lipinski definition) is 0. The van der Waals surface area contributed by atoms with Crippen LogP contribution in [0.15, 0.2) is 18.2 Å². The van der Waals surface area contributed by atoms with Gasteiger partial charge in [-0.15, -0.1) is 0 Å². The van der Waals surface area contributed by atoms with Crippen molar-refractivity contribution in [3.05, 3.63) is 35.4 Å². The summed E-state index contributed by atoms with van der Waals surface area (Å²) in [5.74, 6) is -3.50. The topological polar surface area (TPSA) is 49.9 Å². The van der Waals surface area contributed by atoms with E-state index in [1.54, 1.807) is 6.92 Å². The maximum Gasteiger partial charge on any atom is 0.310 e. The van der Waals surface area contributed by atoms with Crippen LogP contribution in [0.3, 0.4) is 0 Å². The van der Waals surface area contributed by atoms with E-state index >= 15 is 0 Å². The van der Waals surface area contributed by atoms with Gasteiger partial charge in [0.2, 0.25) is 0 Å². The molecule has 1 aromatic carbocycles. The zero-order chi connectivity index (χ0) is 17.6. The lowest BCUT2D eigenvalue weighted by atomic mass is 10.1. The molecule has 0 radical (unpaired) electrons. The predicted octanol–water partition coefficient (Wildman–Crippen LogP) is 1.78. The number of hydrogen-bond acceptors (Lipinski definition) is 4. The van der Waals surface area contributed by atoms with Gasteiger partial charge in [-0.1, -0.05) is 6.92 Å². The van der Waals surface area contributed by atoms with E-state index in [1.165, 1.54) is 18.1 Å². The molecule has 0 fully saturated rings. The summed E-state index contributed by atoms with van der Waals surface area (Å²) in [7, 11) is 4.98. The van der Waals surface area contributed by atoms with Gasteiger partial charge in [0.1, 0.15) is 0 Å². The van der Waals surface area contributed by atoms with Gasteiger partial charge in [0, 0.05) is 25.2 Å². The lowest BCUT2D eigenvalue weighted by Gasteiger charge is -2.26. The molecule has 1 rings (SSSR count). The number of ether oxygens (including phenoxy) is 1. The molecule has 0 aliphatic carbocycles. The van der Waals surface area contributed by atoms with Crippen molar-refractivity contribution < 1.29 is 23.1 Å². The van der Waals surface area contributed by atoms with E-state index in [0.717, 1.165) is 12.1 Å². The third kappa shape index (κ3) is 5.59. The van der Waals surface area contributed by atoms with Gasteiger partial charge in [-0.05, 0) is 32.3 Å². The molecule has 0 aliphatic rings. The first-order valence-corrected chi connectivity index (χ1v) is 7.23. The summed E-state index contributed by atoms with van der Waals surface area (Å²) >= 11 is 0. The third-order valence-corrected chi connectivity index (χ3v) is 3.37. The quantitative estimate of drug-likeness (QED) is 0.716. The van der Waals surface area contributed by atoms with Crippen LogP contribution in [0.25, 0.3) is 0 Å². The highest BCUT2D eigenvalue weighted by Crippen LogP contribution is 2.13. The fourth-order valence-corrected chi connectivity index (χ4v) is 2.01. The number of amides is 1. The summed E-state index contributed by atoms with van der Waals surface area (Å²) < 4.78 is 31.0. The molecule has 0 bridgehead atoms. The smallest absolute Gasteiger partial charge is 0.310 e. The van der Waals surface area contributed by atoms with Gasteiger partial charge in [-0.25, -0.2) is 8.78 Å². The summed E-state index contributed by atoms with van der Waals surface area (Å²) in [4.78, 5) is 27.4. The van der Waals surface area contributed by atoms with Crippen molar-refractivity contribution in [2.45, 2.75) is 6.92 Å². The minimum Gasteiger partial charge on any atom is -0.469 e. The molecule has 23 heavy (non-hydrogen) atoms. The first-order chi connectivity index (χ1) is 10.8. The average Bonchev–Trinajstić information content (AvgIpc) is 2.52. The highest BCUT2D eigenvalue weighted by molar-refractivity contribution is 5.94. The molecule has 1 amide bonds. The summed E-state index contributed by atoms with van der Waals surface area (Å²) in [5, 5.41) is 0. The third-order valence-electron chi connectivity index (χ3n) is 3.37. The van der Waals surface area contributed by atoms with E-state index in [0.29, 0.717) is 13.1 Å². The van der Waals surface area contributed by atoms with Crippen LogP contribution in [0.5, 0.6) is 0 Å².